The van der Waals surface area contributed by atoms with Crippen molar-refractivity contribution in [1.82, 2.24) is 9.36 Å². The highest BCUT2D eigenvalue weighted by molar-refractivity contribution is 7.03. The minimum absolute atomic E-state index is 0.616. The second kappa shape index (κ2) is 10.5. The maximum Gasteiger partial charge on any atom is 0.145 e. The lowest BCUT2D eigenvalue weighted by Crippen LogP contribution is -2.02. The number of hydrogen-bond acceptors (Lipinski definition) is 3. The molecule has 1 aromatic rings. The minimum Gasteiger partial charge on any atom is -0.228 e. The standard InChI is InChI=1S/C15H28N2S/c1-3-5-7-9-11-14(12-10-8-6-4-2)15-16-13-18-17-15/h13-14H,3-12H2,1-2H3. The van der Waals surface area contributed by atoms with Crippen molar-refractivity contribution in [3.8, 4) is 0 Å². The molecule has 0 N–H and O–H groups in total. The van der Waals surface area contributed by atoms with Crippen molar-refractivity contribution in [2.24, 2.45) is 0 Å². The summed E-state index contributed by atoms with van der Waals surface area (Å²) in [5.74, 6) is 1.72. The summed E-state index contributed by atoms with van der Waals surface area (Å²) in [6.07, 6.45) is 13.3. The summed E-state index contributed by atoms with van der Waals surface area (Å²) < 4.78 is 4.44. The van der Waals surface area contributed by atoms with E-state index in [1.165, 1.54) is 75.7 Å². The number of rotatable bonds is 11. The van der Waals surface area contributed by atoms with Crippen molar-refractivity contribution in [2.45, 2.75) is 84.0 Å². The quantitative estimate of drug-likeness (QED) is 0.491. The van der Waals surface area contributed by atoms with E-state index in [4.69, 9.17) is 0 Å². The van der Waals surface area contributed by atoms with E-state index in [0.717, 1.165) is 5.82 Å². The lowest BCUT2D eigenvalue weighted by molar-refractivity contribution is 0.483. The van der Waals surface area contributed by atoms with Gasteiger partial charge < -0.3 is 0 Å². The second-order valence-electron chi connectivity index (χ2n) is 5.18. The number of hydrogen-bond donors (Lipinski definition) is 0. The maximum absolute atomic E-state index is 4.44. The van der Waals surface area contributed by atoms with Crippen molar-refractivity contribution in [3.05, 3.63) is 11.3 Å². The fourth-order valence-corrected chi connectivity index (χ4v) is 2.90. The van der Waals surface area contributed by atoms with Crippen LogP contribution >= 0.6 is 11.5 Å². The molecule has 18 heavy (non-hydrogen) atoms. The third kappa shape index (κ3) is 6.48. The van der Waals surface area contributed by atoms with Crippen molar-refractivity contribution >= 4 is 11.5 Å². The predicted molar refractivity (Wildman–Crippen MR) is 80.2 cm³/mol. The van der Waals surface area contributed by atoms with Crippen LogP contribution in [-0.2, 0) is 0 Å². The normalized spacial score (nSPS) is 11.3. The molecule has 0 radical (unpaired) electrons. The highest BCUT2D eigenvalue weighted by Gasteiger charge is 2.14. The number of unbranched alkanes of at least 4 members (excludes halogenated alkanes) is 6. The molecule has 0 saturated heterocycles. The van der Waals surface area contributed by atoms with Crippen LogP contribution in [0.25, 0.3) is 0 Å². The first-order chi connectivity index (χ1) is 8.88. The van der Waals surface area contributed by atoms with Gasteiger partial charge in [-0.3, -0.25) is 0 Å². The van der Waals surface area contributed by atoms with Crippen LogP contribution in [0.4, 0.5) is 0 Å². The fraction of sp³-hybridized carbons (Fsp3) is 0.867. The molecule has 0 spiro atoms. The third-order valence-corrected chi connectivity index (χ3v) is 4.05. The zero-order valence-electron chi connectivity index (χ0n) is 12.0. The largest absolute Gasteiger partial charge is 0.228 e. The van der Waals surface area contributed by atoms with E-state index >= 15 is 0 Å². The Kier molecular flexibility index (Phi) is 9.09. The molecular weight excluding hydrogens is 240 g/mol. The highest BCUT2D eigenvalue weighted by Crippen LogP contribution is 2.26. The Labute approximate surface area is 116 Å². The first kappa shape index (κ1) is 15.6. The van der Waals surface area contributed by atoms with Gasteiger partial charge in [0.25, 0.3) is 0 Å². The van der Waals surface area contributed by atoms with Gasteiger partial charge in [-0.05, 0) is 24.4 Å². The van der Waals surface area contributed by atoms with Crippen LogP contribution in [0.3, 0.4) is 0 Å². The molecule has 2 nitrogen and oxygen atoms in total. The molecule has 0 aromatic carbocycles. The van der Waals surface area contributed by atoms with Crippen molar-refractivity contribution < 1.29 is 0 Å². The summed E-state index contributed by atoms with van der Waals surface area (Å²) in [4.78, 5) is 4.42. The summed E-state index contributed by atoms with van der Waals surface area (Å²) in [7, 11) is 0. The lowest BCUT2D eigenvalue weighted by atomic mass is 9.94. The van der Waals surface area contributed by atoms with E-state index in [1.807, 2.05) is 5.51 Å². The molecule has 0 atom stereocenters. The number of aromatic nitrogens is 2. The summed E-state index contributed by atoms with van der Waals surface area (Å²) in [5, 5.41) is 0. The Morgan fingerprint density at radius 1 is 0.944 bits per heavy atom. The Balaban J connectivity index is 2.29. The van der Waals surface area contributed by atoms with E-state index in [1.54, 1.807) is 0 Å². The Hall–Kier alpha value is -0.440. The van der Waals surface area contributed by atoms with Gasteiger partial charge in [-0.1, -0.05) is 65.2 Å². The van der Waals surface area contributed by atoms with Gasteiger partial charge in [0.15, 0.2) is 0 Å². The molecule has 0 fully saturated rings. The monoisotopic (exact) mass is 268 g/mol. The summed E-state index contributed by atoms with van der Waals surface area (Å²) >= 11 is 1.49. The van der Waals surface area contributed by atoms with Crippen LogP contribution in [0.1, 0.15) is 89.8 Å². The van der Waals surface area contributed by atoms with Gasteiger partial charge in [0.2, 0.25) is 0 Å². The third-order valence-electron chi connectivity index (χ3n) is 3.56. The van der Waals surface area contributed by atoms with Crippen LogP contribution in [0.5, 0.6) is 0 Å². The van der Waals surface area contributed by atoms with Crippen LogP contribution in [-0.4, -0.2) is 9.36 Å². The van der Waals surface area contributed by atoms with Gasteiger partial charge in [-0.15, -0.1) is 0 Å². The molecule has 1 heterocycles. The van der Waals surface area contributed by atoms with E-state index in [9.17, 15) is 0 Å². The molecular formula is C15H28N2S. The van der Waals surface area contributed by atoms with E-state index < -0.39 is 0 Å². The van der Waals surface area contributed by atoms with E-state index in [0.29, 0.717) is 5.92 Å². The van der Waals surface area contributed by atoms with Gasteiger partial charge in [0, 0.05) is 5.92 Å². The first-order valence-electron chi connectivity index (χ1n) is 7.64. The average Bonchev–Trinajstić information content (AvgIpc) is 2.91. The van der Waals surface area contributed by atoms with Crippen LogP contribution in [0, 0.1) is 0 Å². The van der Waals surface area contributed by atoms with E-state index in [2.05, 4.69) is 23.2 Å². The first-order valence-corrected chi connectivity index (χ1v) is 8.48. The van der Waals surface area contributed by atoms with Gasteiger partial charge >= 0.3 is 0 Å². The predicted octanol–water partition coefficient (Wildman–Crippen LogP) is 5.56. The molecule has 0 unspecified atom stereocenters. The van der Waals surface area contributed by atoms with Crippen LogP contribution in [0.15, 0.2) is 5.51 Å². The Morgan fingerprint density at radius 3 is 2.00 bits per heavy atom. The van der Waals surface area contributed by atoms with Crippen LogP contribution < -0.4 is 0 Å². The maximum atomic E-state index is 4.44. The molecule has 0 aliphatic carbocycles. The van der Waals surface area contributed by atoms with Gasteiger partial charge in [0.1, 0.15) is 11.3 Å². The highest BCUT2D eigenvalue weighted by atomic mass is 32.1. The van der Waals surface area contributed by atoms with Crippen molar-refractivity contribution in [1.29, 1.82) is 0 Å². The number of nitrogens with zero attached hydrogens (tertiary/aromatic N) is 2. The zero-order chi connectivity index (χ0) is 13.1. The van der Waals surface area contributed by atoms with Crippen molar-refractivity contribution in [3.63, 3.8) is 0 Å². The Morgan fingerprint density at radius 2 is 1.56 bits per heavy atom. The topological polar surface area (TPSA) is 25.8 Å². The molecule has 1 aromatic heterocycles. The SMILES string of the molecule is CCCCCCC(CCCCCC)c1ncsn1. The molecule has 0 bridgehead atoms. The summed E-state index contributed by atoms with van der Waals surface area (Å²) in [6, 6.07) is 0. The lowest BCUT2D eigenvalue weighted by Gasteiger charge is -2.13. The minimum atomic E-state index is 0.616. The molecule has 104 valence electrons. The smallest absolute Gasteiger partial charge is 0.145 e. The molecule has 0 aliphatic heterocycles. The fourth-order valence-electron chi connectivity index (χ4n) is 2.40. The summed E-state index contributed by atoms with van der Waals surface area (Å²) in [6.45, 7) is 4.54. The van der Waals surface area contributed by atoms with Gasteiger partial charge in [-0.25, -0.2) is 4.98 Å². The zero-order valence-corrected chi connectivity index (χ0v) is 12.8. The van der Waals surface area contributed by atoms with Crippen LogP contribution in [0.2, 0.25) is 0 Å². The molecule has 0 saturated carbocycles. The van der Waals surface area contributed by atoms with Gasteiger partial charge in [0.05, 0.1) is 0 Å². The molecule has 0 aliphatic rings. The van der Waals surface area contributed by atoms with Crippen molar-refractivity contribution in [2.75, 3.05) is 0 Å². The second-order valence-corrected chi connectivity index (χ2v) is 5.79. The molecule has 3 heteroatoms. The van der Waals surface area contributed by atoms with E-state index in [-0.39, 0.29) is 0 Å². The van der Waals surface area contributed by atoms with Gasteiger partial charge in [-0.2, -0.15) is 4.37 Å². The molecule has 1 rings (SSSR count). The summed E-state index contributed by atoms with van der Waals surface area (Å²) in [5.41, 5.74) is 1.88. The molecule has 0 amide bonds. The Bertz CT molecular complexity index is 260. The average molecular weight is 268 g/mol.